The molecule has 0 aliphatic heterocycles. The van der Waals surface area contributed by atoms with Gasteiger partial charge in [-0.2, -0.15) is 0 Å². The number of benzene rings is 3. The van der Waals surface area contributed by atoms with E-state index < -0.39 is 7.25 Å². The SMILES string of the molecule is Cc1ccc(-c2cc(-c3ccccc3)[s+]c(-c3ccccc3)c2)cc1.F[B-](F)(F)F. The van der Waals surface area contributed by atoms with Gasteiger partial charge < -0.3 is 17.3 Å². The smallest absolute Gasteiger partial charge is 0.418 e. The zero-order valence-electron chi connectivity index (χ0n) is 16.2. The molecule has 0 N–H and O–H groups in total. The predicted molar refractivity (Wildman–Crippen MR) is 120 cm³/mol. The summed E-state index contributed by atoms with van der Waals surface area (Å²) in [7, 11) is -6.00. The number of rotatable bonds is 3. The van der Waals surface area contributed by atoms with Crippen LogP contribution in [0.25, 0.3) is 32.0 Å². The van der Waals surface area contributed by atoms with Crippen molar-refractivity contribution in [2.45, 2.75) is 6.92 Å². The Bertz CT molecular complexity index is 1020. The van der Waals surface area contributed by atoms with Gasteiger partial charge in [-0.3, -0.25) is 0 Å². The lowest BCUT2D eigenvalue weighted by atomic mass is 10.0. The molecule has 30 heavy (non-hydrogen) atoms. The van der Waals surface area contributed by atoms with Gasteiger partial charge >= 0.3 is 7.25 Å². The molecular formula is C24H19BF4S. The van der Waals surface area contributed by atoms with Gasteiger partial charge in [0.2, 0.25) is 21.1 Å². The predicted octanol–water partition coefficient (Wildman–Crippen LogP) is 8.64. The highest BCUT2D eigenvalue weighted by Gasteiger charge is 2.20. The summed E-state index contributed by atoms with van der Waals surface area (Å²) in [5.74, 6) is 0. The number of aryl methyl sites for hydroxylation is 1. The van der Waals surface area contributed by atoms with Crippen molar-refractivity contribution >= 4 is 18.6 Å². The Morgan fingerprint density at radius 3 is 1.33 bits per heavy atom. The first-order valence-electron chi connectivity index (χ1n) is 9.33. The lowest BCUT2D eigenvalue weighted by Gasteiger charge is -2.03. The number of hydrogen-bond donors (Lipinski definition) is 0. The van der Waals surface area contributed by atoms with E-state index in [1.807, 2.05) is 11.3 Å². The molecule has 0 saturated heterocycles. The van der Waals surface area contributed by atoms with E-state index in [1.165, 1.54) is 37.6 Å². The molecule has 0 aliphatic rings. The fraction of sp³-hybridized carbons (Fsp3) is 0.0417. The molecule has 3 aromatic carbocycles. The molecule has 0 fully saturated rings. The lowest BCUT2D eigenvalue weighted by molar-refractivity contribution is 0.368. The maximum absolute atomic E-state index is 9.75. The van der Waals surface area contributed by atoms with E-state index in [9.17, 15) is 17.3 Å². The zero-order chi connectivity index (χ0) is 21.6. The van der Waals surface area contributed by atoms with Gasteiger partial charge in [-0.1, -0.05) is 66.2 Å². The van der Waals surface area contributed by atoms with Gasteiger partial charge in [0.25, 0.3) is 0 Å². The van der Waals surface area contributed by atoms with Crippen LogP contribution < -0.4 is 0 Å². The average molecular weight is 426 g/mol. The minimum atomic E-state index is -6.00. The summed E-state index contributed by atoms with van der Waals surface area (Å²) in [6, 6.07) is 34.6. The third-order valence-electron chi connectivity index (χ3n) is 4.29. The van der Waals surface area contributed by atoms with E-state index in [0.717, 1.165) is 0 Å². The molecule has 0 unspecified atom stereocenters. The second-order valence-corrected chi connectivity index (χ2v) is 7.75. The molecule has 0 nitrogen and oxygen atoms in total. The molecule has 4 rings (SSSR count). The standard InChI is InChI=1S/C24H19S.BF4/c1-18-12-14-19(15-13-18)22-16-23(20-8-4-2-5-9-20)25-24(17-22)21-10-6-3-7-11-21;2-1(3,4)5/h2-17H,1H3;/q+1;-1. The van der Waals surface area contributed by atoms with Crippen molar-refractivity contribution in [1.29, 1.82) is 0 Å². The first-order valence-corrected chi connectivity index (χ1v) is 10.1. The van der Waals surface area contributed by atoms with Gasteiger partial charge in [0.05, 0.1) is 0 Å². The summed E-state index contributed by atoms with van der Waals surface area (Å²) in [6.45, 7) is 2.13. The molecule has 4 aromatic rings. The molecule has 0 saturated carbocycles. The summed E-state index contributed by atoms with van der Waals surface area (Å²) in [5.41, 5.74) is 6.33. The summed E-state index contributed by atoms with van der Waals surface area (Å²) in [5, 5.41) is 0. The van der Waals surface area contributed by atoms with Gasteiger partial charge in [-0.15, -0.1) is 0 Å². The third kappa shape index (κ3) is 6.53. The Kier molecular flexibility index (Phi) is 7.01. The van der Waals surface area contributed by atoms with Crippen LogP contribution in [0.1, 0.15) is 5.56 Å². The topological polar surface area (TPSA) is 0 Å². The Balaban J connectivity index is 0.000000461. The van der Waals surface area contributed by atoms with Gasteiger partial charge in [-0.05, 0) is 42.3 Å². The largest absolute Gasteiger partial charge is 0.673 e. The highest BCUT2D eigenvalue weighted by atomic mass is 32.1. The van der Waals surface area contributed by atoms with E-state index in [4.69, 9.17) is 0 Å². The number of halogens is 4. The minimum absolute atomic E-state index is 1.26. The van der Waals surface area contributed by atoms with Gasteiger partial charge in [0, 0.05) is 23.3 Å². The summed E-state index contributed by atoms with van der Waals surface area (Å²) in [4.78, 5) is 2.58. The number of hydrogen-bond acceptors (Lipinski definition) is 0. The van der Waals surface area contributed by atoms with Crippen LogP contribution in [-0.2, 0) is 0 Å². The summed E-state index contributed by atoms with van der Waals surface area (Å²) >= 11 is 1.84. The molecule has 152 valence electrons. The van der Waals surface area contributed by atoms with Crippen LogP contribution in [0, 0.1) is 6.92 Å². The van der Waals surface area contributed by atoms with Crippen molar-refractivity contribution in [2.75, 3.05) is 0 Å². The van der Waals surface area contributed by atoms with Crippen molar-refractivity contribution in [3.05, 3.63) is 103 Å². The molecule has 0 spiro atoms. The third-order valence-corrected chi connectivity index (χ3v) is 5.44. The summed E-state index contributed by atoms with van der Waals surface area (Å²) < 4.78 is 39.0. The fourth-order valence-corrected chi connectivity index (χ4v) is 4.02. The Morgan fingerprint density at radius 2 is 0.933 bits per heavy atom. The summed E-state index contributed by atoms with van der Waals surface area (Å²) in [6.07, 6.45) is 0. The average Bonchev–Trinajstić information content (AvgIpc) is 2.74. The van der Waals surface area contributed by atoms with E-state index >= 15 is 0 Å². The molecule has 6 heteroatoms. The first-order chi connectivity index (χ1) is 14.3. The second-order valence-electron chi connectivity index (χ2n) is 6.67. The van der Waals surface area contributed by atoms with E-state index in [2.05, 4.69) is 104 Å². The molecule has 0 bridgehead atoms. The zero-order valence-corrected chi connectivity index (χ0v) is 17.1. The van der Waals surface area contributed by atoms with Gasteiger partial charge in [0.1, 0.15) is 0 Å². The van der Waals surface area contributed by atoms with Crippen LogP contribution in [0.15, 0.2) is 97.1 Å². The van der Waals surface area contributed by atoms with Crippen molar-refractivity contribution in [2.24, 2.45) is 0 Å². The van der Waals surface area contributed by atoms with Crippen LogP contribution in [0.2, 0.25) is 0 Å². The maximum atomic E-state index is 9.75. The van der Waals surface area contributed by atoms with Crippen molar-refractivity contribution < 1.29 is 17.3 Å². The Morgan fingerprint density at radius 1 is 0.533 bits per heavy atom. The fourth-order valence-electron chi connectivity index (χ4n) is 2.90. The first kappa shape index (κ1) is 21.7. The van der Waals surface area contributed by atoms with Crippen LogP contribution in [0.5, 0.6) is 0 Å². The molecule has 0 atom stereocenters. The molecule has 1 aromatic heterocycles. The molecule has 0 amide bonds. The van der Waals surface area contributed by atoms with E-state index in [-0.39, 0.29) is 0 Å². The second kappa shape index (κ2) is 9.68. The highest BCUT2D eigenvalue weighted by Crippen LogP contribution is 2.37. The maximum Gasteiger partial charge on any atom is 0.673 e. The molecule has 1 heterocycles. The van der Waals surface area contributed by atoms with E-state index in [1.54, 1.807) is 0 Å². The molecule has 0 radical (unpaired) electrons. The lowest BCUT2D eigenvalue weighted by Crippen LogP contribution is -2.02. The van der Waals surface area contributed by atoms with E-state index in [0.29, 0.717) is 0 Å². The van der Waals surface area contributed by atoms with Gasteiger partial charge in [0.15, 0.2) is 0 Å². The highest BCUT2D eigenvalue weighted by molar-refractivity contribution is 7.18. The Hall–Kier alpha value is -2.99. The van der Waals surface area contributed by atoms with Crippen LogP contribution in [0.4, 0.5) is 17.3 Å². The monoisotopic (exact) mass is 426 g/mol. The van der Waals surface area contributed by atoms with Crippen LogP contribution >= 0.6 is 11.3 Å². The molecule has 0 aliphatic carbocycles. The van der Waals surface area contributed by atoms with Crippen molar-refractivity contribution in [3.8, 4) is 32.0 Å². The quantitative estimate of drug-likeness (QED) is 0.175. The normalized spacial score (nSPS) is 10.8. The van der Waals surface area contributed by atoms with Crippen molar-refractivity contribution in [3.63, 3.8) is 0 Å². The molecular weight excluding hydrogens is 407 g/mol. The van der Waals surface area contributed by atoms with Crippen LogP contribution in [-0.4, -0.2) is 7.25 Å². The Labute approximate surface area is 177 Å². The minimum Gasteiger partial charge on any atom is -0.418 e. The van der Waals surface area contributed by atoms with Crippen molar-refractivity contribution in [1.82, 2.24) is 0 Å². The van der Waals surface area contributed by atoms with Crippen LogP contribution in [0.3, 0.4) is 0 Å². The van der Waals surface area contributed by atoms with Gasteiger partial charge in [-0.25, -0.2) is 0 Å².